The molecule has 0 aliphatic carbocycles. The summed E-state index contributed by atoms with van der Waals surface area (Å²) in [6, 6.07) is 0. The molecule has 0 aromatic heterocycles. The molecule has 0 bridgehead atoms. The van der Waals surface area contributed by atoms with Gasteiger partial charge in [0.15, 0.2) is 0 Å². The van der Waals surface area contributed by atoms with Gasteiger partial charge >= 0.3 is 11.9 Å². The van der Waals surface area contributed by atoms with Gasteiger partial charge in [0, 0.05) is 13.0 Å². The average molecular weight is 293 g/mol. The highest BCUT2D eigenvalue weighted by Crippen LogP contribution is 2.32. The van der Waals surface area contributed by atoms with E-state index < -0.39 is 27.5 Å². The second-order valence-corrected chi connectivity index (χ2v) is 6.76. The summed E-state index contributed by atoms with van der Waals surface area (Å²) in [6.07, 6.45) is 0.964. The van der Waals surface area contributed by atoms with Crippen LogP contribution in [0.1, 0.15) is 32.6 Å². The number of methoxy groups -OCH3 is 1. The van der Waals surface area contributed by atoms with Gasteiger partial charge < -0.3 is 9.84 Å². The van der Waals surface area contributed by atoms with E-state index in [-0.39, 0.29) is 25.1 Å². The van der Waals surface area contributed by atoms with Crippen LogP contribution >= 0.6 is 0 Å². The van der Waals surface area contributed by atoms with E-state index in [1.165, 1.54) is 14.0 Å². The zero-order valence-corrected chi connectivity index (χ0v) is 11.9. The van der Waals surface area contributed by atoms with Gasteiger partial charge in [-0.05, 0) is 26.2 Å². The minimum Gasteiger partial charge on any atom is -0.480 e. The number of sulfonamides is 1. The lowest BCUT2D eigenvalue weighted by atomic mass is 10.0. The largest absolute Gasteiger partial charge is 0.480 e. The highest BCUT2D eigenvalue weighted by Gasteiger charge is 2.48. The Labute approximate surface area is 112 Å². The van der Waals surface area contributed by atoms with Crippen LogP contribution in [0.4, 0.5) is 0 Å². The fourth-order valence-corrected chi connectivity index (χ4v) is 4.13. The maximum Gasteiger partial charge on any atom is 0.324 e. The number of carbonyl (C=O) groups excluding carboxylic acids is 1. The first kappa shape index (κ1) is 15.9. The van der Waals surface area contributed by atoms with E-state index in [0.29, 0.717) is 12.8 Å². The highest BCUT2D eigenvalue weighted by atomic mass is 32.2. The molecule has 1 heterocycles. The number of ether oxygens (including phenoxy) is 1. The Kier molecular flexibility index (Phi) is 4.92. The third-order valence-electron chi connectivity index (χ3n) is 3.38. The lowest BCUT2D eigenvalue weighted by molar-refractivity contribution is -0.146. The molecule has 1 unspecified atom stereocenters. The van der Waals surface area contributed by atoms with Gasteiger partial charge in [-0.15, -0.1) is 0 Å². The summed E-state index contributed by atoms with van der Waals surface area (Å²) in [5.41, 5.74) is -1.37. The fraction of sp³-hybridized carbons (Fsp3) is 0.818. The van der Waals surface area contributed by atoms with Crippen LogP contribution in [0.5, 0.6) is 0 Å². The van der Waals surface area contributed by atoms with E-state index in [1.807, 2.05) is 0 Å². The van der Waals surface area contributed by atoms with Crippen LogP contribution in [0.25, 0.3) is 0 Å². The van der Waals surface area contributed by atoms with Gasteiger partial charge in [-0.25, -0.2) is 8.42 Å². The van der Waals surface area contributed by atoms with E-state index in [9.17, 15) is 23.1 Å². The van der Waals surface area contributed by atoms with Crippen molar-refractivity contribution in [3.63, 3.8) is 0 Å². The molecule has 0 aromatic carbocycles. The summed E-state index contributed by atoms with van der Waals surface area (Å²) in [7, 11) is -2.44. The van der Waals surface area contributed by atoms with Crippen molar-refractivity contribution in [2.75, 3.05) is 19.4 Å². The van der Waals surface area contributed by atoms with Crippen LogP contribution in [0.3, 0.4) is 0 Å². The molecule has 19 heavy (non-hydrogen) atoms. The SMILES string of the molecule is COC(=O)CCCS(=O)(=O)N1CCCC1(C)C(=O)O. The summed E-state index contributed by atoms with van der Waals surface area (Å²) in [5, 5.41) is 9.18. The fourth-order valence-electron chi connectivity index (χ4n) is 2.21. The van der Waals surface area contributed by atoms with Crippen LogP contribution in [-0.2, 0) is 24.3 Å². The number of carboxylic acid groups (broad SMARTS) is 1. The molecule has 8 heteroatoms. The molecule has 1 aliphatic heterocycles. The topological polar surface area (TPSA) is 101 Å². The number of esters is 1. The zero-order valence-electron chi connectivity index (χ0n) is 11.1. The Bertz CT molecular complexity index is 460. The van der Waals surface area contributed by atoms with Gasteiger partial charge in [0.2, 0.25) is 10.0 Å². The zero-order chi connectivity index (χ0) is 14.7. The lowest BCUT2D eigenvalue weighted by Gasteiger charge is -2.30. The van der Waals surface area contributed by atoms with Crippen molar-refractivity contribution in [2.24, 2.45) is 0 Å². The van der Waals surface area contributed by atoms with Gasteiger partial charge in [0.05, 0.1) is 12.9 Å². The molecule has 1 saturated heterocycles. The summed E-state index contributed by atoms with van der Waals surface area (Å²) in [4.78, 5) is 22.2. The van der Waals surface area contributed by atoms with E-state index in [2.05, 4.69) is 4.74 Å². The second-order valence-electron chi connectivity index (χ2n) is 4.75. The first-order valence-corrected chi connectivity index (χ1v) is 7.65. The van der Waals surface area contributed by atoms with Gasteiger partial charge in [-0.1, -0.05) is 0 Å². The Balaban J connectivity index is 2.72. The third kappa shape index (κ3) is 3.44. The third-order valence-corrected chi connectivity index (χ3v) is 5.44. The van der Waals surface area contributed by atoms with Crippen molar-refractivity contribution >= 4 is 22.0 Å². The van der Waals surface area contributed by atoms with E-state index in [0.717, 1.165) is 4.31 Å². The molecule has 110 valence electrons. The summed E-state index contributed by atoms with van der Waals surface area (Å²) in [5.74, 6) is -1.86. The van der Waals surface area contributed by atoms with E-state index in [1.54, 1.807) is 0 Å². The van der Waals surface area contributed by atoms with Crippen molar-refractivity contribution in [3.8, 4) is 0 Å². The number of hydrogen-bond donors (Lipinski definition) is 1. The summed E-state index contributed by atoms with van der Waals surface area (Å²) in [6.45, 7) is 1.63. The monoisotopic (exact) mass is 293 g/mol. The maximum absolute atomic E-state index is 12.1. The van der Waals surface area contributed by atoms with Crippen LogP contribution < -0.4 is 0 Å². The highest BCUT2D eigenvalue weighted by molar-refractivity contribution is 7.89. The van der Waals surface area contributed by atoms with Crippen molar-refractivity contribution in [1.82, 2.24) is 4.31 Å². The Hall–Kier alpha value is -1.15. The average Bonchev–Trinajstić information content (AvgIpc) is 2.73. The number of aliphatic carboxylic acids is 1. The lowest BCUT2D eigenvalue weighted by Crippen LogP contribution is -2.51. The number of hydrogen-bond acceptors (Lipinski definition) is 5. The van der Waals surface area contributed by atoms with Gasteiger partial charge in [-0.2, -0.15) is 4.31 Å². The maximum atomic E-state index is 12.1. The number of nitrogens with zero attached hydrogens (tertiary/aromatic N) is 1. The molecule has 0 amide bonds. The Morgan fingerprint density at radius 2 is 2.05 bits per heavy atom. The second kappa shape index (κ2) is 5.87. The number of carbonyl (C=O) groups is 2. The number of rotatable bonds is 6. The van der Waals surface area contributed by atoms with Crippen molar-refractivity contribution in [2.45, 2.75) is 38.1 Å². The minimum absolute atomic E-state index is 0.00730. The van der Waals surface area contributed by atoms with E-state index >= 15 is 0 Å². The predicted octanol–water partition coefficient (Wildman–Crippen LogP) is 0.209. The minimum atomic E-state index is -3.67. The normalized spacial score (nSPS) is 24.3. The first-order chi connectivity index (χ1) is 8.74. The molecule has 1 atom stereocenters. The molecule has 1 rings (SSSR count). The molecule has 7 nitrogen and oxygen atoms in total. The number of carboxylic acids is 1. The summed E-state index contributed by atoms with van der Waals surface area (Å²) >= 11 is 0. The predicted molar refractivity (Wildman–Crippen MR) is 67.0 cm³/mol. The molecule has 0 aromatic rings. The van der Waals surface area contributed by atoms with Crippen molar-refractivity contribution in [1.29, 1.82) is 0 Å². The van der Waals surface area contributed by atoms with Crippen LogP contribution in [0.2, 0.25) is 0 Å². The van der Waals surface area contributed by atoms with Gasteiger partial charge in [-0.3, -0.25) is 9.59 Å². The molecule has 0 spiro atoms. The Morgan fingerprint density at radius 1 is 1.42 bits per heavy atom. The summed E-state index contributed by atoms with van der Waals surface area (Å²) < 4.78 is 29.7. The molecule has 1 N–H and O–H groups in total. The standard InChI is InChI=1S/C11H19NO6S/c1-11(10(14)15)6-4-7-12(11)19(16,17)8-3-5-9(13)18-2/h3-8H2,1-2H3,(H,14,15). The molecule has 1 fully saturated rings. The quantitative estimate of drug-likeness (QED) is 0.702. The molecule has 1 aliphatic rings. The molecular formula is C11H19NO6S. The smallest absolute Gasteiger partial charge is 0.324 e. The Morgan fingerprint density at radius 3 is 2.58 bits per heavy atom. The van der Waals surface area contributed by atoms with Crippen LogP contribution in [0, 0.1) is 0 Å². The molecule has 0 radical (unpaired) electrons. The van der Waals surface area contributed by atoms with Gasteiger partial charge in [0.25, 0.3) is 0 Å². The first-order valence-electron chi connectivity index (χ1n) is 6.05. The van der Waals surface area contributed by atoms with Crippen molar-refractivity contribution < 1.29 is 27.9 Å². The molecule has 0 saturated carbocycles. The van der Waals surface area contributed by atoms with Crippen molar-refractivity contribution in [3.05, 3.63) is 0 Å². The molecular weight excluding hydrogens is 274 g/mol. The van der Waals surface area contributed by atoms with Gasteiger partial charge in [0.1, 0.15) is 5.54 Å². The van der Waals surface area contributed by atoms with Crippen LogP contribution in [-0.4, -0.2) is 54.7 Å². The van der Waals surface area contributed by atoms with E-state index in [4.69, 9.17) is 0 Å². The van der Waals surface area contributed by atoms with Crippen LogP contribution in [0.15, 0.2) is 0 Å².